The van der Waals surface area contributed by atoms with Crippen LogP contribution >= 0.6 is 0 Å². The zero-order chi connectivity index (χ0) is 17.4. The third-order valence-corrected chi connectivity index (χ3v) is 5.68. The second-order valence-corrected chi connectivity index (χ2v) is 8.23. The van der Waals surface area contributed by atoms with Crippen LogP contribution in [0.1, 0.15) is 41.5 Å². The number of Topliss-reactive ketones (excluding diaryl/α,β-unsaturated/α-hetero) is 1. The van der Waals surface area contributed by atoms with Crippen LogP contribution in [-0.2, 0) is 28.5 Å². The Balaban J connectivity index is 1.72. The smallest absolute Gasteiger partial charge is 0.190 e. The van der Waals surface area contributed by atoms with Crippen molar-refractivity contribution in [3.05, 3.63) is 11.3 Å². The van der Waals surface area contributed by atoms with E-state index >= 15 is 0 Å². The number of rotatable bonds is 1. The van der Waals surface area contributed by atoms with E-state index in [0.29, 0.717) is 12.4 Å². The van der Waals surface area contributed by atoms with Gasteiger partial charge in [0.05, 0.1) is 12.7 Å². The summed E-state index contributed by atoms with van der Waals surface area (Å²) in [5.74, 6) is 0.0303. The first-order valence-electron chi connectivity index (χ1n) is 8.64. The molecule has 134 valence electrons. The summed E-state index contributed by atoms with van der Waals surface area (Å²) in [7, 11) is 0. The lowest BCUT2D eigenvalue weighted by Crippen LogP contribution is -2.58. The van der Waals surface area contributed by atoms with E-state index in [4.69, 9.17) is 23.7 Å². The fourth-order valence-electron chi connectivity index (χ4n) is 4.77. The second-order valence-electron chi connectivity index (χ2n) is 8.23. The number of allylic oxidation sites excluding steroid dienone is 1. The van der Waals surface area contributed by atoms with Crippen molar-refractivity contribution >= 4 is 5.78 Å². The molecule has 3 fully saturated rings. The van der Waals surface area contributed by atoms with Gasteiger partial charge in [-0.25, -0.2) is 0 Å². The maximum atomic E-state index is 12.3. The summed E-state index contributed by atoms with van der Waals surface area (Å²) in [5, 5.41) is 0. The fourth-order valence-corrected chi connectivity index (χ4v) is 4.77. The predicted octanol–water partition coefficient (Wildman–Crippen LogP) is 2.17. The SMILES string of the molecule is CC(=O)C1=C(C)OC(C)(C)[C@H]2CO[C@@H]3[C@H]4OC(C)(C)O[C@H]4O[C@@H]3[C@@H]12. The lowest BCUT2D eigenvalue weighted by atomic mass is 9.68. The van der Waals surface area contributed by atoms with Crippen LogP contribution in [-0.4, -0.2) is 48.4 Å². The molecule has 3 saturated heterocycles. The van der Waals surface area contributed by atoms with Gasteiger partial charge in [0.1, 0.15) is 23.6 Å². The molecule has 6 heteroatoms. The van der Waals surface area contributed by atoms with Crippen LogP contribution in [0.5, 0.6) is 0 Å². The van der Waals surface area contributed by atoms with Gasteiger partial charge in [-0.1, -0.05) is 0 Å². The van der Waals surface area contributed by atoms with Gasteiger partial charge in [0.25, 0.3) is 0 Å². The van der Waals surface area contributed by atoms with E-state index in [2.05, 4.69) is 0 Å². The molecule has 4 rings (SSSR count). The van der Waals surface area contributed by atoms with Gasteiger partial charge in [-0.15, -0.1) is 0 Å². The molecule has 24 heavy (non-hydrogen) atoms. The minimum absolute atomic E-state index is 0.0291. The standard InChI is InChI=1S/C18H26O6/c1-8(19)11-9(2)22-17(3,4)10-7-20-14-13(12(10)11)21-16-15(14)23-18(5,6)24-16/h10,12-16H,7H2,1-6H3/t10-,12+,13+,14-,15+,16+/m0/s1. The predicted molar refractivity (Wildman–Crippen MR) is 84.0 cm³/mol. The van der Waals surface area contributed by atoms with Crippen LogP contribution in [0.2, 0.25) is 0 Å². The molecule has 0 bridgehead atoms. The Labute approximate surface area is 142 Å². The lowest BCUT2D eigenvalue weighted by Gasteiger charge is -2.50. The summed E-state index contributed by atoms with van der Waals surface area (Å²) in [4.78, 5) is 12.3. The normalized spacial score (nSPS) is 45.2. The molecule has 6 atom stereocenters. The maximum absolute atomic E-state index is 12.3. The van der Waals surface area contributed by atoms with E-state index in [1.54, 1.807) is 6.92 Å². The van der Waals surface area contributed by atoms with Gasteiger partial charge in [-0.3, -0.25) is 4.79 Å². The average molecular weight is 338 g/mol. The van der Waals surface area contributed by atoms with Crippen molar-refractivity contribution in [2.45, 2.75) is 77.5 Å². The molecule has 0 saturated carbocycles. The van der Waals surface area contributed by atoms with Gasteiger partial charge < -0.3 is 23.7 Å². The zero-order valence-corrected chi connectivity index (χ0v) is 15.1. The van der Waals surface area contributed by atoms with E-state index < -0.39 is 17.7 Å². The largest absolute Gasteiger partial charge is 0.492 e. The molecule has 0 spiro atoms. The molecular weight excluding hydrogens is 312 g/mol. The summed E-state index contributed by atoms with van der Waals surface area (Å²) in [6, 6.07) is 0. The van der Waals surface area contributed by atoms with E-state index in [1.807, 2.05) is 34.6 Å². The van der Waals surface area contributed by atoms with Crippen molar-refractivity contribution in [1.82, 2.24) is 0 Å². The molecule has 0 aromatic carbocycles. The Morgan fingerprint density at radius 2 is 1.79 bits per heavy atom. The Morgan fingerprint density at radius 1 is 1.08 bits per heavy atom. The minimum atomic E-state index is -0.676. The van der Waals surface area contributed by atoms with Crippen LogP contribution in [0.25, 0.3) is 0 Å². The zero-order valence-electron chi connectivity index (χ0n) is 15.1. The molecule has 0 radical (unpaired) electrons. The van der Waals surface area contributed by atoms with Crippen LogP contribution in [0.3, 0.4) is 0 Å². The molecule has 4 aliphatic rings. The quantitative estimate of drug-likeness (QED) is 0.730. The molecule has 0 aromatic heterocycles. The first-order valence-corrected chi connectivity index (χ1v) is 8.64. The summed E-state index contributed by atoms with van der Waals surface area (Å²) < 4.78 is 30.2. The molecule has 0 aliphatic carbocycles. The van der Waals surface area contributed by atoms with Gasteiger partial charge in [0, 0.05) is 17.4 Å². The van der Waals surface area contributed by atoms with E-state index in [1.165, 1.54) is 0 Å². The highest BCUT2D eigenvalue weighted by Gasteiger charge is 2.63. The Kier molecular flexibility index (Phi) is 3.46. The average Bonchev–Trinajstić information content (AvgIpc) is 2.89. The van der Waals surface area contributed by atoms with Gasteiger partial charge in [-0.2, -0.15) is 0 Å². The van der Waals surface area contributed by atoms with E-state index in [9.17, 15) is 4.79 Å². The Hall–Kier alpha value is -0.950. The second kappa shape index (κ2) is 5.04. The molecule has 0 amide bonds. The van der Waals surface area contributed by atoms with Gasteiger partial charge in [-0.05, 0) is 41.5 Å². The first kappa shape index (κ1) is 16.5. The molecule has 0 unspecified atom stereocenters. The molecule has 0 N–H and O–H groups in total. The Morgan fingerprint density at radius 3 is 2.46 bits per heavy atom. The maximum Gasteiger partial charge on any atom is 0.190 e. The number of ether oxygens (including phenoxy) is 5. The highest BCUT2D eigenvalue weighted by molar-refractivity contribution is 5.94. The molecule has 0 aromatic rings. The van der Waals surface area contributed by atoms with Crippen molar-refractivity contribution in [2.24, 2.45) is 11.8 Å². The van der Waals surface area contributed by atoms with Crippen LogP contribution < -0.4 is 0 Å². The van der Waals surface area contributed by atoms with Gasteiger partial charge >= 0.3 is 0 Å². The van der Waals surface area contributed by atoms with E-state index in [0.717, 1.165) is 5.57 Å². The third kappa shape index (κ3) is 2.27. The van der Waals surface area contributed by atoms with Gasteiger partial charge in [0.15, 0.2) is 17.9 Å². The number of carbonyl (C=O) groups excluding carboxylic acids is 1. The summed E-state index contributed by atoms with van der Waals surface area (Å²) in [6.07, 6.45) is -1.19. The number of ketones is 1. The van der Waals surface area contributed by atoms with Crippen molar-refractivity contribution in [2.75, 3.05) is 6.61 Å². The highest BCUT2D eigenvalue weighted by atomic mass is 16.8. The lowest BCUT2D eigenvalue weighted by molar-refractivity contribution is -0.248. The highest BCUT2D eigenvalue weighted by Crippen LogP contribution is 2.52. The first-order chi connectivity index (χ1) is 11.1. The van der Waals surface area contributed by atoms with Crippen molar-refractivity contribution in [3.63, 3.8) is 0 Å². The summed E-state index contributed by atoms with van der Waals surface area (Å²) in [6.45, 7) is 11.8. The fraction of sp³-hybridized carbons (Fsp3) is 0.833. The monoisotopic (exact) mass is 338 g/mol. The van der Waals surface area contributed by atoms with Gasteiger partial charge in [0.2, 0.25) is 0 Å². The summed E-state index contributed by atoms with van der Waals surface area (Å²) in [5.41, 5.74) is 0.303. The van der Waals surface area contributed by atoms with Crippen LogP contribution in [0, 0.1) is 11.8 Å². The van der Waals surface area contributed by atoms with E-state index in [-0.39, 0.29) is 35.9 Å². The third-order valence-electron chi connectivity index (χ3n) is 5.68. The topological polar surface area (TPSA) is 63.2 Å². The molecule has 4 heterocycles. The molecular formula is C18H26O6. The Bertz CT molecular complexity index is 607. The van der Waals surface area contributed by atoms with Crippen molar-refractivity contribution in [3.8, 4) is 0 Å². The van der Waals surface area contributed by atoms with Crippen LogP contribution in [0.15, 0.2) is 11.3 Å². The number of fused-ring (bicyclic) bond motifs is 5. The molecule has 6 nitrogen and oxygen atoms in total. The summed E-state index contributed by atoms with van der Waals surface area (Å²) >= 11 is 0. The van der Waals surface area contributed by atoms with Crippen molar-refractivity contribution < 1.29 is 28.5 Å². The number of hydrogen-bond acceptors (Lipinski definition) is 6. The van der Waals surface area contributed by atoms with Crippen molar-refractivity contribution in [1.29, 1.82) is 0 Å². The van der Waals surface area contributed by atoms with Crippen LogP contribution in [0.4, 0.5) is 0 Å². The minimum Gasteiger partial charge on any atom is -0.492 e. The number of carbonyl (C=O) groups is 1. The molecule has 4 aliphatic heterocycles. The number of hydrogen-bond donors (Lipinski definition) is 0.